The zero-order valence-corrected chi connectivity index (χ0v) is 13.0. The van der Waals surface area contributed by atoms with E-state index in [0.717, 1.165) is 16.7 Å². The van der Waals surface area contributed by atoms with Gasteiger partial charge in [0, 0.05) is 29.4 Å². The minimum atomic E-state index is -1.45. The summed E-state index contributed by atoms with van der Waals surface area (Å²) in [6.07, 6.45) is 3.33. The first-order valence-electron chi connectivity index (χ1n) is 6.93. The van der Waals surface area contributed by atoms with Crippen LogP contribution in [0.3, 0.4) is 0 Å². The van der Waals surface area contributed by atoms with Crippen molar-refractivity contribution in [1.29, 1.82) is 0 Å². The lowest BCUT2D eigenvalue weighted by atomic mass is 9.87. The highest BCUT2D eigenvalue weighted by Crippen LogP contribution is 2.43. The van der Waals surface area contributed by atoms with Gasteiger partial charge in [0.25, 0.3) is 0 Å². The lowest BCUT2D eigenvalue weighted by Gasteiger charge is -2.26. The average molecular weight is 332 g/mol. The number of hydrogen-bond acceptors (Lipinski definition) is 5. The minimum Gasteiger partial charge on any atom is -0.505 e. The molecular formula is C17H14ClNO4. The number of carbonyl (C=O) groups is 1. The standard InChI is InChI=1S/C17H14ClNO4/c1-17(15(21)14(20)16(22)23-17)13-5-3-2-4-12(13)11-6-10(7-18)8-19-9-11/h2-6,8-9,20-21H,7H2,1H3. The van der Waals surface area contributed by atoms with Crippen LogP contribution in [0.15, 0.2) is 54.2 Å². The number of esters is 1. The fourth-order valence-electron chi connectivity index (χ4n) is 2.65. The van der Waals surface area contributed by atoms with Crippen LogP contribution in [-0.2, 0) is 21.0 Å². The van der Waals surface area contributed by atoms with Gasteiger partial charge in [-0.1, -0.05) is 24.3 Å². The molecule has 5 nitrogen and oxygen atoms in total. The molecule has 2 heterocycles. The third-order valence-electron chi connectivity index (χ3n) is 3.87. The smallest absolute Gasteiger partial charge is 0.378 e. The number of nitrogens with zero attached hydrogens (tertiary/aromatic N) is 1. The number of cyclic esters (lactones) is 1. The number of alkyl halides is 1. The number of rotatable bonds is 3. The molecule has 0 saturated heterocycles. The second kappa shape index (κ2) is 5.59. The number of aromatic nitrogens is 1. The van der Waals surface area contributed by atoms with Crippen LogP contribution in [0.25, 0.3) is 11.1 Å². The Bertz CT molecular complexity index is 818. The maximum Gasteiger partial charge on any atom is 0.378 e. The summed E-state index contributed by atoms with van der Waals surface area (Å²) in [5, 5.41) is 19.8. The molecule has 23 heavy (non-hydrogen) atoms. The quantitative estimate of drug-likeness (QED) is 0.663. The van der Waals surface area contributed by atoms with E-state index in [1.807, 2.05) is 18.2 Å². The lowest BCUT2D eigenvalue weighted by molar-refractivity contribution is -0.149. The van der Waals surface area contributed by atoms with Crippen LogP contribution in [0.1, 0.15) is 18.1 Å². The summed E-state index contributed by atoms with van der Waals surface area (Å²) in [5.41, 5.74) is 1.44. The summed E-state index contributed by atoms with van der Waals surface area (Å²) in [6.45, 7) is 1.53. The van der Waals surface area contributed by atoms with Gasteiger partial charge in [0.05, 0.1) is 0 Å². The third kappa shape index (κ3) is 2.43. The molecule has 1 unspecified atom stereocenters. The molecular weight excluding hydrogens is 318 g/mol. The first kappa shape index (κ1) is 15.4. The van der Waals surface area contributed by atoms with E-state index >= 15 is 0 Å². The van der Waals surface area contributed by atoms with Gasteiger partial charge in [-0.3, -0.25) is 4.98 Å². The van der Waals surface area contributed by atoms with Crippen molar-refractivity contribution in [2.24, 2.45) is 0 Å². The molecule has 0 fully saturated rings. The van der Waals surface area contributed by atoms with E-state index in [2.05, 4.69) is 4.98 Å². The summed E-state index contributed by atoms with van der Waals surface area (Å²) in [4.78, 5) is 15.8. The largest absolute Gasteiger partial charge is 0.505 e. The van der Waals surface area contributed by atoms with Crippen LogP contribution in [0.2, 0.25) is 0 Å². The van der Waals surface area contributed by atoms with E-state index in [1.165, 1.54) is 6.92 Å². The number of aliphatic hydroxyl groups excluding tert-OH is 2. The van der Waals surface area contributed by atoms with E-state index in [-0.39, 0.29) is 0 Å². The second-order valence-electron chi connectivity index (χ2n) is 5.38. The maximum atomic E-state index is 11.6. The number of carbonyl (C=O) groups excluding carboxylic acids is 1. The molecule has 1 atom stereocenters. The van der Waals surface area contributed by atoms with Gasteiger partial charge in [0.1, 0.15) is 0 Å². The van der Waals surface area contributed by atoms with Gasteiger partial charge in [-0.25, -0.2) is 4.79 Å². The molecule has 3 rings (SSSR count). The molecule has 0 aliphatic carbocycles. The first-order chi connectivity index (χ1) is 11.0. The second-order valence-corrected chi connectivity index (χ2v) is 5.65. The Kier molecular flexibility index (Phi) is 3.74. The Morgan fingerprint density at radius 2 is 2.00 bits per heavy atom. The molecule has 118 valence electrons. The van der Waals surface area contributed by atoms with Gasteiger partial charge in [0.2, 0.25) is 5.76 Å². The van der Waals surface area contributed by atoms with Crippen molar-refractivity contribution in [3.8, 4) is 11.1 Å². The van der Waals surface area contributed by atoms with E-state index in [9.17, 15) is 15.0 Å². The Labute approximate surface area is 137 Å². The monoisotopic (exact) mass is 331 g/mol. The predicted molar refractivity (Wildman–Crippen MR) is 85.0 cm³/mol. The number of aliphatic hydroxyl groups is 2. The van der Waals surface area contributed by atoms with E-state index in [4.69, 9.17) is 16.3 Å². The van der Waals surface area contributed by atoms with Gasteiger partial charge < -0.3 is 14.9 Å². The Hall–Kier alpha value is -2.53. The van der Waals surface area contributed by atoms with Crippen molar-refractivity contribution in [3.63, 3.8) is 0 Å². The van der Waals surface area contributed by atoms with Crippen LogP contribution < -0.4 is 0 Å². The molecule has 2 aromatic rings. The topological polar surface area (TPSA) is 79.7 Å². The summed E-state index contributed by atoms with van der Waals surface area (Å²) in [6, 6.07) is 9.02. The highest BCUT2D eigenvalue weighted by Gasteiger charge is 2.47. The molecule has 0 saturated carbocycles. The Morgan fingerprint density at radius 1 is 1.26 bits per heavy atom. The summed E-state index contributed by atoms with van der Waals surface area (Å²) in [7, 11) is 0. The normalized spacial score (nSPS) is 20.7. The lowest BCUT2D eigenvalue weighted by Crippen LogP contribution is -2.26. The highest BCUT2D eigenvalue weighted by molar-refractivity contribution is 6.17. The van der Waals surface area contributed by atoms with Crippen LogP contribution in [-0.4, -0.2) is 21.2 Å². The van der Waals surface area contributed by atoms with Crippen LogP contribution >= 0.6 is 11.6 Å². The van der Waals surface area contributed by atoms with Crippen molar-refractivity contribution in [1.82, 2.24) is 4.98 Å². The van der Waals surface area contributed by atoms with Crippen molar-refractivity contribution in [2.75, 3.05) is 0 Å². The van der Waals surface area contributed by atoms with Crippen molar-refractivity contribution >= 4 is 17.6 Å². The van der Waals surface area contributed by atoms with Crippen LogP contribution in [0.4, 0.5) is 0 Å². The Balaban J connectivity index is 2.18. The van der Waals surface area contributed by atoms with Gasteiger partial charge in [-0.05, 0) is 24.1 Å². The van der Waals surface area contributed by atoms with Gasteiger partial charge >= 0.3 is 5.97 Å². The molecule has 0 bridgehead atoms. The summed E-state index contributed by atoms with van der Waals surface area (Å²) in [5.74, 6) is -1.90. The maximum absolute atomic E-state index is 11.6. The minimum absolute atomic E-state index is 0.321. The average Bonchev–Trinajstić information content (AvgIpc) is 2.79. The molecule has 6 heteroatoms. The molecule has 1 aromatic carbocycles. The van der Waals surface area contributed by atoms with Crippen LogP contribution in [0, 0.1) is 0 Å². The third-order valence-corrected chi connectivity index (χ3v) is 4.18. The van der Waals surface area contributed by atoms with Crippen molar-refractivity contribution in [3.05, 3.63) is 65.4 Å². The molecule has 0 amide bonds. The van der Waals surface area contributed by atoms with E-state index in [1.54, 1.807) is 24.5 Å². The molecule has 2 N–H and O–H groups in total. The van der Waals surface area contributed by atoms with Gasteiger partial charge in [-0.2, -0.15) is 0 Å². The van der Waals surface area contributed by atoms with E-state index in [0.29, 0.717) is 11.4 Å². The number of halogens is 1. The Morgan fingerprint density at radius 3 is 2.65 bits per heavy atom. The van der Waals surface area contributed by atoms with Gasteiger partial charge in [0.15, 0.2) is 11.4 Å². The summed E-state index contributed by atoms with van der Waals surface area (Å²) >= 11 is 5.85. The van der Waals surface area contributed by atoms with Gasteiger partial charge in [-0.15, -0.1) is 11.6 Å². The molecule has 1 aliphatic rings. The molecule has 0 spiro atoms. The first-order valence-corrected chi connectivity index (χ1v) is 7.46. The fraction of sp³-hybridized carbons (Fsp3) is 0.176. The van der Waals surface area contributed by atoms with E-state index < -0.39 is 23.1 Å². The predicted octanol–water partition coefficient (Wildman–Crippen LogP) is 3.59. The molecule has 1 aromatic heterocycles. The molecule has 0 radical (unpaired) electrons. The number of pyridine rings is 1. The molecule has 1 aliphatic heterocycles. The zero-order chi connectivity index (χ0) is 16.6. The summed E-state index contributed by atoms with van der Waals surface area (Å²) < 4.78 is 5.22. The van der Waals surface area contributed by atoms with Crippen molar-refractivity contribution < 1.29 is 19.7 Å². The zero-order valence-electron chi connectivity index (χ0n) is 12.3. The van der Waals surface area contributed by atoms with Crippen LogP contribution in [0.5, 0.6) is 0 Å². The highest BCUT2D eigenvalue weighted by atomic mass is 35.5. The number of hydrogen-bond donors (Lipinski definition) is 2. The SMILES string of the molecule is CC1(c2ccccc2-c2cncc(CCl)c2)OC(=O)C(O)=C1O. The van der Waals surface area contributed by atoms with Crippen molar-refractivity contribution in [2.45, 2.75) is 18.4 Å². The number of ether oxygens (including phenoxy) is 1. The number of benzene rings is 1. The fourth-order valence-corrected chi connectivity index (χ4v) is 2.79.